The lowest BCUT2D eigenvalue weighted by molar-refractivity contribution is -0.324. The molecule has 1 heterocycles. The van der Waals surface area contributed by atoms with E-state index in [1.54, 1.807) is 0 Å². The van der Waals surface area contributed by atoms with Gasteiger partial charge in [-0.15, -0.1) is 0 Å². The van der Waals surface area contributed by atoms with Crippen molar-refractivity contribution in [1.82, 2.24) is 0 Å². The Hall–Kier alpha value is -1.10. The Balaban J connectivity index is 2.68. The normalized spacial score (nSPS) is 23.4. The number of rotatable bonds is 0. The maximum atomic E-state index is 10.4. The van der Waals surface area contributed by atoms with Crippen molar-refractivity contribution in [1.29, 1.82) is 0 Å². The van der Waals surface area contributed by atoms with Gasteiger partial charge in [-0.3, -0.25) is 9.59 Å². The number of hydrogen-bond acceptors (Lipinski definition) is 5. The van der Waals surface area contributed by atoms with Crippen molar-refractivity contribution in [2.75, 3.05) is 0 Å². The van der Waals surface area contributed by atoms with Gasteiger partial charge in [-0.05, 0) is 0 Å². The van der Waals surface area contributed by atoms with Gasteiger partial charge in [-0.25, -0.2) is 0 Å². The van der Waals surface area contributed by atoms with Crippen LogP contribution in [0.3, 0.4) is 0 Å². The Kier molecular flexibility index (Phi) is 1.37. The molecule has 0 saturated carbocycles. The lowest BCUT2D eigenvalue weighted by Gasteiger charge is -2.26. The summed E-state index contributed by atoms with van der Waals surface area (Å²) in [5.74, 6) is -3.63. The highest BCUT2D eigenvalue weighted by atomic mass is 16.8. The van der Waals surface area contributed by atoms with Crippen LogP contribution in [0.4, 0.5) is 0 Å². The van der Waals surface area contributed by atoms with Gasteiger partial charge in [0.05, 0.1) is 0 Å². The number of carbonyl (C=O) groups excluding carboxylic acids is 2. The predicted molar refractivity (Wildman–Crippen MR) is 27.4 cm³/mol. The summed E-state index contributed by atoms with van der Waals surface area (Å²) in [6.07, 6.45) is -0.434. The van der Waals surface area contributed by atoms with Crippen molar-refractivity contribution < 1.29 is 24.2 Å². The molecule has 5 nitrogen and oxygen atoms in total. The van der Waals surface area contributed by atoms with Gasteiger partial charge >= 0.3 is 17.9 Å². The summed E-state index contributed by atoms with van der Waals surface area (Å²) in [5, 5.41) is 8.83. The maximum Gasteiger partial charge on any atom is 0.370 e. The molecule has 1 rings (SSSR count). The summed E-state index contributed by atoms with van der Waals surface area (Å²) in [5.41, 5.74) is 0. The smallest absolute Gasteiger partial charge is 0.370 e. The fourth-order valence-corrected chi connectivity index (χ4v) is 0.633. The molecule has 0 unspecified atom stereocenters. The first-order valence-corrected chi connectivity index (χ1v) is 2.66. The lowest BCUT2D eigenvalue weighted by atomic mass is 10.4. The molecule has 56 valence electrons. The third-order valence-electron chi connectivity index (χ3n) is 0.895. The van der Waals surface area contributed by atoms with Crippen LogP contribution in [0.5, 0.6) is 0 Å². The molecule has 10 heavy (non-hydrogen) atoms. The second-order valence-electron chi connectivity index (χ2n) is 2.02. The van der Waals surface area contributed by atoms with E-state index in [4.69, 9.17) is 5.11 Å². The summed E-state index contributed by atoms with van der Waals surface area (Å²) < 4.78 is 8.44. The van der Waals surface area contributed by atoms with Crippen molar-refractivity contribution in [3.05, 3.63) is 0 Å². The third kappa shape index (κ3) is 1.44. The second kappa shape index (κ2) is 1.95. The predicted octanol–water partition coefficient (Wildman–Crippen LogP) is -0.858. The van der Waals surface area contributed by atoms with Crippen LogP contribution in [-0.4, -0.2) is 23.0 Å². The molecule has 0 radical (unpaired) electrons. The number of carbonyl (C=O) groups is 2. The maximum absolute atomic E-state index is 10.4. The molecule has 1 aliphatic rings. The van der Waals surface area contributed by atoms with Gasteiger partial charge in [0.15, 0.2) is 0 Å². The average molecular weight is 146 g/mol. The average Bonchev–Trinajstić information content (AvgIpc) is 1.54. The molecule has 1 saturated heterocycles. The molecule has 5 heteroatoms. The minimum Gasteiger partial charge on any atom is -0.398 e. The zero-order valence-corrected chi connectivity index (χ0v) is 5.29. The topological polar surface area (TPSA) is 72.8 Å². The van der Waals surface area contributed by atoms with E-state index in [9.17, 15) is 9.59 Å². The molecule has 0 bridgehead atoms. The second-order valence-corrected chi connectivity index (χ2v) is 2.02. The van der Waals surface area contributed by atoms with Crippen molar-refractivity contribution in [3.63, 3.8) is 0 Å². The van der Waals surface area contributed by atoms with Crippen molar-refractivity contribution in [2.45, 2.75) is 19.3 Å². The Morgan fingerprint density at radius 1 is 1.40 bits per heavy atom. The molecule has 1 fully saturated rings. The Bertz CT molecular complexity index is 164. The minimum absolute atomic E-state index is 0.434. The molecule has 0 atom stereocenters. The van der Waals surface area contributed by atoms with E-state index in [0.717, 1.165) is 6.92 Å². The molecule has 0 aromatic carbocycles. The zero-order valence-electron chi connectivity index (χ0n) is 5.29. The van der Waals surface area contributed by atoms with Crippen LogP contribution < -0.4 is 0 Å². The van der Waals surface area contributed by atoms with Crippen molar-refractivity contribution in [2.24, 2.45) is 0 Å². The first kappa shape index (κ1) is 7.01. The van der Waals surface area contributed by atoms with Gasteiger partial charge in [-0.2, -0.15) is 0 Å². The van der Waals surface area contributed by atoms with Gasteiger partial charge in [0.25, 0.3) is 0 Å². The molecule has 0 aromatic rings. The summed E-state index contributed by atoms with van der Waals surface area (Å²) in [6, 6.07) is 0. The Morgan fingerprint density at radius 3 is 2.10 bits per heavy atom. The molecule has 0 spiro atoms. The van der Waals surface area contributed by atoms with Gasteiger partial charge < -0.3 is 14.6 Å². The third-order valence-corrected chi connectivity index (χ3v) is 0.895. The highest BCUT2D eigenvalue weighted by Crippen LogP contribution is 2.15. The summed E-state index contributed by atoms with van der Waals surface area (Å²) >= 11 is 0. The fraction of sp³-hybridized carbons (Fsp3) is 0.600. The highest BCUT2D eigenvalue weighted by Gasteiger charge is 2.36. The zero-order chi connectivity index (χ0) is 7.78. The molecular weight excluding hydrogens is 140 g/mol. The molecular formula is C5H6O5. The first-order valence-electron chi connectivity index (χ1n) is 2.66. The van der Waals surface area contributed by atoms with E-state index in [1.165, 1.54) is 0 Å². The largest absolute Gasteiger partial charge is 0.398 e. The Morgan fingerprint density at radius 2 is 1.80 bits per heavy atom. The number of hydrogen-bond donors (Lipinski definition) is 1. The van der Waals surface area contributed by atoms with Crippen LogP contribution in [0.15, 0.2) is 0 Å². The highest BCUT2D eigenvalue weighted by molar-refractivity contribution is 5.92. The van der Waals surface area contributed by atoms with Crippen LogP contribution in [0.2, 0.25) is 0 Å². The van der Waals surface area contributed by atoms with Crippen molar-refractivity contribution >= 4 is 11.9 Å². The van der Waals surface area contributed by atoms with Crippen LogP contribution in [0.1, 0.15) is 13.3 Å². The standard InChI is InChI=1S/C5H6O5/c1-5(8)9-3(6)2-4(7)10-5/h8H,2H2,1H3. The molecule has 0 amide bonds. The van der Waals surface area contributed by atoms with Crippen molar-refractivity contribution in [3.8, 4) is 0 Å². The number of esters is 2. The molecule has 0 aliphatic carbocycles. The summed E-state index contributed by atoms with van der Waals surface area (Å²) in [6.45, 7) is 1.07. The van der Waals surface area contributed by atoms with Gasteiger partial charge in [-0.1, -0.05) is 0 Å². The number of cyclic esters (lactones) is 2. The van der Waals surface area contributed by atoms with E-state index in [0.29, 0.717) is 0 Å². The lowest BCUT2D eigenvalue weighted by Crippen LogP contribution is -2.42. The van der Waals surface area contributed by atoms with E-state index in [1.807, 2.05) is 0 Å². The van der Waals surface area contributed by atoms with E-state index in [-0.39, 0.29) is 0 Å². The monoisotopic (exact) mass is 146 g/mol. The SMILES string of the molecule is CC1(O)OC(=O)CC(=O)O1. The van der Waals surface area contributed by atoms with E-state index in [2.05, 4.69) is 9.47 Å². The fourth-order valence-electron chi connectivity index (χ4n) is 0.633. The summed E-state index contributed by atoms with van der Waals surface area (Å²) in [7, 11) is 0. The van der Waals surface area contributed by atoms with E-state index >= 15 is 0 Å². The number of ether oxygens (including phenoxy) is 2. The quantitative estimate of drug-likeness (QED) is 0.355. The number of aliphatic hydroxyl groups is 1. The van der Waals surface area contributed by atoms with E-state index < -0.39 is 24.3 Å². The Labute approximate surface area is 56.5 Å². The van der Waals surface area contributed by atoms with Gasteiger partial charge in [0, 0.05) is 6.92 Å². The molecule has 0 aromatic heterocycles. The summed E-state index contributed by atoms with van der Waals surface area (Å²) in [4.78, 5) is 20.8. The van der Waals surface area contributed by atoms with Gasteiger partial charge in [0.2, 0.25) is 0 Å². The molecule has 1 aliphatic heterocycles. The molecule has 1 N–H and O–H groups in total. The first-order chi connectivity index (χ1) is 4.49. The van der Waals surface area contributed by atoms with Crippen LogP contribution in [0, 0.1) is 0 Å². The van der Waals surface area contributed by atoms with Crippen LogP contribution >= 0.6 is 0 Å². The van der Waals surface area contributed by atoms with Gasteiger partial charge in [0.1, 0.15) is 6.42 Å². The van der Waals surface area contributed by atoms with Crippen LogP contribution in [-0.2, 0) is 19.1 Å². The van der Waals surface area contributed by atoms with Crippen LogP contribution in [0.25, 0.3) is 0 Å². The minimum atomic E-state index is -2.08.